The number of benzene rings is 2. The van der Waals surface area contributed by atoms with Gasteiger partial charge in [-0.25, -0.2) is 4.79 Å². The van der Waals surface area contributed by atoms with Crippen LogP contribution in [0.4, 0.5) is 4.79 Å². The third kappa shape index (κ3) is 4.29. The lowest BCUT2D eigenvalue weighted by Crippen LogP contribution is -2.44. The van der Waals surface area contributed by atoms with Gasteiger partial charge in [-0.1, -0.05) is 35.9 Å². The van der Waals surface area contributed by atoms with E-state index in [-0.39, 0.29) is 12.1 Å². The van der Waals surface area contributed by atoms with E-state index in [1.807, 2.05) is 36.4 Å². The second-order valence-electron chi connectivity index (χ2n) is 5.19. The molecule has 2 aromatic carbocycles. The molecule has 0 aromatic heterocycles. The number of hydrogen-bond donors (Lipinski definition) is 2. The van der Waals surface area contributed by atoms with Gasteiger partial charge in [0.25, 0.3) is 0 Å². The molecule has 0 aliphatic carbocycles. The summed E-state index contributed by atoms with van der Waals surface area (Å²) in [5.41, 5.74) is 0.982. The summed E-state index contributed by atoms with van der Waals surface area (Å²) in [5, 5.41) is 6.25. The summed E-state index contributed by atoms with van der Waals surface area (Å²) in [6.45, 7) is 1.23. The molecule has 2 aromatic rings. The number of para-hydroxylation sites is 2. The Kier molecular flexibility index (Phi) is 4.88. The van der Waals surface area contributed by atoms with Gasteiger partial charge in [-0.2, -0.15) is 0 Å². The Morgan fingerprint density at radius 1 is 1.09 bits per heavy atom. The van der Waals surface area contributed by atoms with E-state index in [1.54, 1.807) is 12.1 Å². The number of fused-ring (bicyclic) bond motifs is 1. The molecule has 0 saturated heterocycles. The highest BCUT2D eigenvalue weighted by Gasteiger charge is 2.20. The van der Waals surface area contributed by atoms with Gasteiger partial charge in [0.2, 0.25) is 0 Å². The molecule has 3 rings (SSSR count). The van der Waals surface area contributed by atoms with Crippen molar-refractivity contribution in [2.45, 2.75) is 12.6 Å². The van der Waals surface area contributed by atoms with Crippen LogP contribution < -0.4 is 20.1 Å². The van der Waals surface area contributed by atoms with Crippen molar-refractivity contribution in [3.8, 4) is 11.5 Å². The van der Waals surface area contributed by atoms with Gasteiger partial charge in [0.05, 0.1) is 6.54 Å². The van der Waals surface area contributed by atoms with Gasteiger partial charge < -0.3 is 20.1 Å². The quantitative estimate of drug-likeness (QED) is 0.905. The normalized spacial score (nSPS) is 15.8. The zero-order valence-electron chi connectivity index (χ0n) is 12.4. The summed E-state index contributed by atoms with van der Waals surface area (Å²) < 4.78 is 11.4. The van der Waals surface area contributed by atoms with E-state index in [1.165, 1.54) is 0 Å². The van der Waals surface area contributed by atoms with E-state index in [0.29, 0.717) is 30.5 Å². The Morgan fingerprint density at radius 2 is 1.83 bits per heavy atom. The molecule has 2 amide bonds. The number of carbonyl (C=O) groups excluding carboxylic acids is 1. The molecule has 2 N–H and O–H groups in total. The van der Waals surface area contributed by atoms with Crippen LogP contribution in [0.25, 0.3) is 0 Å². The van der Waals surface area contributed by atoms with Crippen LogP contribution in [0.3, 0.4) is 0 Å². The minimum atomic E-state index is -0.248. The third-order valence-electron chi connectivity index (χ3n) is 3.42. The molecule has 0 bridgehead atoms. The molecule has 6 heteroatoms. The predicted molar refractivity (Wildman–Crippen MR) is 88.0 cm³/mol. The number of urea groups is 1. The minimum absolute atomic E-state index is 0.203. The highest BCUT2D eigenvalue weighted by Crippen LogP contribution is 2.30. The van der Waals surface area contributed by atoms with E-state index in [4.69, 9.17) is 21.1 Å². The molecule has 1 heterocycles. The lowest BCUT2D eigenvalue weighted by molar-refractivity contribution is 0.0918. The van der Waals surface area contributed by atoms with Crippen molar-refractivity contribution < 1.29 is 14.3 Å². The zero-order valence-corrected chi connectivity index (χ0v) is 13.2. The van der Waals surface area contributed by atoms with Crippen LogP contribution in [0.2, 0.25) is 5.02 Å². The van der Waals surface area contributed by atoms with Crippen LogP contribution in [0, 0.1) is 0 Å². The second-order valence-corrected chi connectivity index (χ2v) is 5.62. The predicted octanol–water partition coefficient (Wildman–Crippen LogP) is 2.98. The van der Waals surface area contributed by atoms with Gasteiger partial charge in [0.1, 0.15) is 6.61 Å². The first-order valence-electron chi connectivity index (χ1n) is 7.35. The molecule has 1 aliphatic rings. The van der Waals surface area contributed by atoms with Crippen LogP contribution in [-0.4, -0.2) is 25.3 Å². The molecule has 0 radical (unpaired) electrons. The molecular weight excluding hydrogens is 316 g/mol. The van der Waals surface area contributed by atoms with E-state index in [0.717, 1.165) is 11.3 Å². The number of carbonyl (C=O) groups is 1. The topological polar surface area (TPSA) is 59.6 Å². The van der Waals surface area contributed by atoms with Crippen LogP contribution in [0.1, 0.15) is 5.56 Å². The summed E-state index contributed by atoms with van der Waals surface area (Å²) in [4.78, 5) is 11.8. The molecule has 0 saturated carbocycles. The molecule has 23 heavy (non-hydrogen) atoms. The van der Waals surface area contributed by atoms with Gasteiger partial charge in [-0.3, -0.25) is 0 Å². The van der Waals surface area contributed by atoms with E-state index >= 15 is 0 Å². The molecule has 0 fully saturated rings. The average Bonchev–Trinajstić information content (AvgIpc) is 2.59. The third-order valence-corrected chi connectivity index (χ3v) is 3.68. The number of amides is 2. The monoisotopic (exact) mass is 332 g/mol. The number of halogens is 1. The fourth-order valence-corrected chi connectivity index (χ4v) is 2.34. The lowest BCUT2D eigenvalue weighted by Gasteiger charge is -2.26. The summed E-state index contributed by atoms with van der Waals surface area (Å²) in [6, 6.07) is 14.6. The summed E-state index contributed by atoms with van der Waals surface area (Å²) in [7, 11) is 0. The average molecular weight is 333 g/mol. The van der Waals surface area contributed by atoms with Crippen molar-refractivity contribution in [2.75, 3.05) is 13.2 Å². The standard InChI is InChI=1S/C17H17ClN2O3/c18-13-7-5-12(6-8-13)9-19-17(21)20-10-14-11-22-15-3-1-2-4-16(15)23-14/h1-8,14H,9-11H2,(H2,19,20,21). The molecule has 1 atom stereocenters. The Labute approximate surface area is 139 Å². The Balaban J connectivity index is 1.42. The highest BCUT2D eigenvalue weighted by atomic mass is 35.5. The van der Waals surface area contributed by atoms with E-state index < -0.39 is 0 Å². The van der Waals surface area contributed by atoms with Crippen molar-refractivity contribution in [1.82, 2.24) is 10.6 Å². The molecular formula is C17H17ClN2O3. The van der Waals surface area contributed by atoms with Gasteiger partial charge in [-0.15, -0.1) is 0 Å². The van der Waals surface area contributed by atoms with E-state index in [2.05, 4.69) is 10.6 Å². The first-order valence-corrected chi connectivity index (χ1v) is 7.73. The molecule has 120 valence electrons. The van der Waals surface area contributed by atoms with Crippen molar-refractivity contribution in [3.63, 3.8) is 0 Å². The highest BCUT2D eigenvalue weighted by molar-refractivity contribution is 6.30. The largest absolute Gasteiger partial charge is 0.486 e. The SMILES string of the molecule is O=C(NCc1ccc(Cl)cc1)NCC1COc2ccccc2O1. The maximum Gasteiger partial charge on any atom is 0.315 e. The van der Waals surface area contributed by atoms with Crippen molar-refractivity contribution in [2.24, 2.45) is 0 Å². The maximum atomic E-state index is 11.8. The Bertz CT molecular complexity index is 676. The fourth-order valence-electron chi connectivity index (χ4n) is 2.22. The Hall–Kier alpha value is -2.40. The van der Waals surface area contributed by atoms with Crippen LogP contribution in [0.5, 0.6) is 11.5 Å². The summed E-state index contributed by atoms with van der Waals surface area (Å²) in [6.07, 6.45) is -0.203. The molecule has 0 spiro atoms. The minimum Gasteiger partial charge on any atom is -0.486 e. The zero-order chi connectivity index (χ0) is 16.1. The number of rotatable bonds is 4. The summed E-state index contributed by atoms with van der Waals surface area (Å²) >= 11 is 5.82. The van der Waals surface area contributed by atoms with Crippen LogP contribution >= 0.6 is 11.6 Å². The summed E-state index contributed by atoms with van der Waals surface area (Å²) in [5.74, 6) is 1.43. The van der Waals surface area contributed by atoms with Crippen molar-refractivity contribution in [3.05, 3.63) is 59.1 Å². The van der Waals surface area contributed by atoms with Crippen molar-refractivity contribution >= 4 is 17.6 Å². The van der Waals surface area contributed by atoms with Gasteiger partial charge in [-0.05, 0) is 29.8 Å². The molecule has 5 nitrogen and oxygen atoms in total. The smallest absolute Gasteiger partial charge is 0.315 e. The van der Waals surface area contributed by atoms with Crippen molar-refractivity contribution in [1.29, 1.82) is 0 Å². The maximum absolute atomic E-state index is 11.8. The number of hydrogen-bond acceptors (Lipinski definition) is 3. The molecule has 1 unspecified atom stereocenters. The van der Waals surface area contributed by atoms with Gasteiger partial charge >= 0.3 is 6.03 Å². The van der Waals surface area contributed by atoms with E-state index in [9.17, 15) is 4.79 Å². The van der Waals surface area contributed by atoms with Gasteiger partial charge in [0, 0.05) is 11.6 Å². The lowest BCUT2D eigenvalue weighted by atomic mass is 10.2. The first-order chi connectivity index (χ1) is 11.2. The van der Waals surface area contributed by atoms with Gasteiger partial charge in [0.15, 0.2) is 17.6 Å². The van der Waals surface area contributed by atoms with Crippen LogP contribution in [0.15, 0.2) is 48.5 Å². The molecule has 1 aliphatic heterocycles. The number of nitrogens with one attached hydrogen (secondary N) is 2. The van der Waals surface area contributed by atoms with Crippen LogP contribution in [-0.2, 0) is 6.54 Å². The second kappa shape index (κ2) is 7.24. The fraction of sp³-hybridized carbons (Fsp3) is 0.235. The Morgan fingerprint density at radius 3 is 2.61 bits per heavy atom. The first kappa shape index (κ1) is 15.5. The number of ether oxygens (including phenoxy) is 2.